The average Bonchev–Trinajstić information content (AvgIpc) is 2.67. The van der Waals surface area contributed by atoms with Crippen molar-refractivity contribution in [3.8, 4) is 0 Å². The Labute approximate surface area is 125 Å². The summed E-state index contributed by atoms with van der Waals surface area (Å²) in [4.78, 5) is 25.2. The number of imide groups is 1. The fourth-order valence-electron chi connectivity index (χ4n) is 2.28. The molecule has 0 aromatic heterocycles. The van der Waals surface area contributed by atoms with Gasteiger partial charge in [0.05, 0.1) is 18.7 Å². The number of hydrogen-bond acceptors (Lipinski definition) is 3. The molecular formula is C14H15F3N2O3. The summed E-state index contributed by atoms with van der Waals surface area (Å²) >= 11 is 0. The van der Waals surface area contributed by atoms with Crippen LogP contribution in [0.5, 0.6) is 0 Å². The van der Waals surface area contributed by atoms with Crippen LogP contribution >= 0.6 is 0 Å². The van der Waals surface area contributed by atoms with Gasteiger partial charge in [-0.3, -0.25) is 9.69 Å². The molecule has 0 aliphatic carbocycles. The number of nitrogens with zero attached hydrogens (tertiary/aromatic N) is 1. The maximum absolute atomic E-state index is 12.8. The van der Waals surface area contributed by atoms with Crippen LogP contribution in [0.1, 0.15) is 18.1 Å². The van der Waals surface area contributed by atoms with Crippen molar-refractivity contribution in [1.82, 2.24) is 10.2 Å². The van der Waals surface area contributed by atoms with Crippen molar-refractivity contribution in [3.63, 3.8) is 0 Å². The van der Waals surface area contributed by atoms with Crippen LogP contribution in [-0.2, 0) is 21.2 Å². The van der Waals surface area contributed by atoms with E-state index in [0.29, 0.717) is 0 Å². The molecule has 2 rings (SSSR count). The third-order valence-electron chi connectivity index (χ3n) is 3.56. The van der Waals surface area contributed by atoms with E-state index in [1.807, 2.05) is 0 Å². The highest BCUT2D eigenvalue weighted by atomic mass is 19.4. The zero-order valence-electron chi connectivity index (χ0n) is 12.0. The third-order valence-corrected chi connectivity index (χ3v) is 3.56. The van der Waals surface area contributed by atoms with Gasteiger partial charge in [0, 0.05) is 7.11 Å². The largest absolute Gasteiger partial charge is 0.416 e. The summed E-state index contributed by atoms with van der Waals surface area (Å²) < 4.78 is 43.2. The smallest absolute Gasteiger partial charge is 0.383 e. The number of urea groups is 1. The number of alkyl halides is 3. The van der Waals surface area contributed by atoms with Crippen molar-refractivity contribution in [2.24, 2.45) is 0 Å². The van der Waals surface area contributed by atoms with E-state index in [-0.39, 0.29) is 18.7 Å². The average molecular weight is 316 g/mol. The highest BCUT2D eigenvalue weighted by molar-refractivity contribution is 6.07. The van der Waals surface area contributed by atoms with Crippen molar-refractivity contribution in [3.05, 3.63) is 35.4 Å². The van der Waals surface area contributed by atoms with Gasteiger partial charge in [0.2, 0.25) is 0 Å². The van der Waals surface area contributed by atoms with Crippen molar-refractivity contribution in [1.29, 1.82) is 0 Å². The summed E-state index contributed by atoms with van der Waals surface area (Å²) in [6.45, 7) is 1.57. The number of rotatable bonds is 4. The van der Waals surface area contributed by atoms with Gasteiger partial charge in [0.25, 0.3) is 5.91 Å². The number of amides is 3. The van der Waals surface area contributed by atoms with E-state index < -0.39 is 29.2 Å². The molecule has 1 heterocycles. The Morgan fingerprint density at radius 1 is 1.32 bits per heavy atom. The minimum atomic E-state index is -4.52. The first-order chi connectivity index (χ1) is 10.2. The van der Waals surface area contributed by atoms with E-state index in [4.69, 9.17) is 4.74 Å². The van der Waals surface area contributed by atoms with Gasteiger partial charge in [0.15, 0.2) is 0 Å². The number of methoxy groups -OCH3 is 1. The lowest BCUT2D eigenvalue weighted by molar-refractivity contribution is -0.138. The minimum absolute atomic E-state index is 0.0374. The second kappa shape index (κ2) is 5.60. The molecule has 1 saturated heterocycles. The number of carbonyl (C=O) groups excluding carboxylic acids is 2. The number of benzene rings is 1. The van der Waals surface area contributed by atoms with Crippen molar-refractivity contribution < 1.29 is 27.5 Å². The predicted octanol–water partition coefficient (Wildman–Crippen LogP) is 2.12. The monoisotopic (exact) mass is 316 g/mol. The molecular weight excluding hydrogens is 301 g/mol. The summed E-state index contributed by atoms with van der Waals surface area (Å²) in [5.74, 6) is -0.603. The Morgan fingerprint density at radius 3 is 2.59 bits per heavy atom. The molecule has 1 fully saturated rings. The Balaban J connectivity index is 2.36. The lowest BCUT2D eigenvalue weighted by atomic mass is 9.90. The Hall–Kier alpha value is -2.09. The molecule has 1 N–H and O–H groups in total. The second-order valence-corrected chi connectivity index (χ2v) is 5.08. The molecule has 1 aliphatic heterocycles. The molecule has 1 aromatic rings. The van der Waals surface area contributed by atoms with Gasteiger partial charge < -0.3 is 10.1 Å². The molecule has 8 heteroatoms. The van der Waals surface area contributed by atoms with Crippen molar-refractivity contribution in [2.45, 2.75) is 18.6 Å². The van der Waals surface area contributed by atoms with E-state index in [9.17, 15) is 22.8 Å². The Kier molecular flexibility index (Phi) is 4.15. The SMILES string of the molecule is COCCN1C(=O)N[C@](C)(c2cccc(C(F)(F)F)c2)C1=O. The Morgan fingerprint density at radius 2 is 2.00 bits per heavy atom. The van der Waals surface area contributed by atoms with Crippen LogP contribution in [0.4, 0.5) is 18.0 Å². The first kappa shape index (κ1) is 16.3. The standard InChI is InChI=1S/C14H15F3N2O3/c1-13(9-4-3-5-10(8-9)14(15,16)17)11(20)19(6-7-22-2)12(21)18-13/h3-5,8H,6-7H2,1-2H3,(H,18,21)/t13-/m1/s1. The summed E-state index contributed by atoms with van der Waals surface area (Å²) in [6, 6.07) is 3.73. The second-order valence-electron chi connectivity index (χ2n) is 5.08. The molecule has 5 nitrogen and oxygen atoms in total. The van der Waals surface area contributed by atoms with Gasteiger partial charge in [0.1, 0.15) is 5.54 Å². The topological polar surface area (TPSA) is 58.6 Å². The summed E-state index contributed by atoms with van der Waals surface area (Å²) in [7, 11) is 1.42. The number of carbonyl (C=O) groups is 2. The lowest BCUT2D eigenvalue weighted by Gasteiger charge is -2.23. The Bertz CT molecular complexity index is 603. The summed E-state index contributed by atoms with van der Waals surface area (Å²) in [5, 5.41) is 2.45. The lowest BCUT2D eigenvalue weighted by Crippen LogP contribution is -2.41. The maximum Gasteiger partial charge on any atom is 0.416 e. The number of hydrogen-bond donors (Lipinski definition) is 1. The van der Waals surface area contributed by atoms with Crippen molar-refractivity contribution >= 4 is 11.9 Å². The van der Waals surface area contributed by atoms with E-state index >= 15 is 0 Å². The first-order valence-corrected chi connectivity index (χ1v) is 6.51. The van der Waals surface area contributed by atoms with E-state index in [1.54, 1.807) is 0 Å². The third kappa shape index (κ3) is 2.78. The molecule has 0 bridgehead atoms. The van der Waals surface area contributed by atoms with Crippen LogP contribution < -0.4 is 5.32 Å². The molecule has 1 aliphatic rings. The molecule has 0 saturated carbocycles. The highest BCUT2D eigenvalue weighted by Gasteiger charge is 2.49. The number of nitrogens with one attached hydrogen (secondary N) is 1. The van der Waals surface area contributed by atoms with Crippen LogP contribution in [0.15, 0.2) is 24.3 Å². The van der Waals surface area contributed by atoms with Gasteiger partial charge in [-0.05, 0) is 24.6 Å². The highest BCUT2D eigenvalue weighted by Crippen LogP contribution is 2.34. The van der Waals surface area contributed by atoms with Crippen LogP contribution in [0.3, 0.4) is 0 Å². The molecule has 0 unspecified atom stereocenters. The van der Waals surface area contributed by atoms with Gasteiger partial charge in [-0.2, -0.15) is 13.2 Å². The molecule has 1 aromatic carbocycles. The zero-order chi connectivity index (χ0) is 16.5. The minimum Gasteiger partial charge on any atom is -0.383 e. The molecule has 120 valence electrons. The van der Waals surface area contributed by atoms with E-state index in [1.165, 1.54) is 26.2 Å². The maximum atomic E-state index is 12.8. The van der Waals surface area contributed by atoms with Gasteiger partial charge >= 0.3 is 12.2 Å². The number of ether oxygens (including phenoxy) is 1. The molecule has 22 heavy (non-hydrogen) atoms. The van der Waals surface area contributed by atoms with Gasteiger partial charge in [-0.1, -0.05) is 12.1 Å². The fourth-order valence-corrected chi connectivity index (χ4v) is 2.28. The number of halogens is 3. The quantitative estimate of drug-likeness (QED) is 0.866. The molecule has 3 amide bonds. The summed E-state index contributed by atoms with van der Waals surface area (Å²) in [5.41, 5.74) is -2.31. The normalized spacial score (nSPS) is 22.1. The van der Waals surface area contributed by atoms with Gasteiger partial charge in [-0.15, -0.1) is 0 Å². The van der Waals surface area contributed by atoms with Crippen LogP contribution in [0, 0.1) is 0 Å². The van der Waals surface area contributed by atoms with Crippen molar-refractivity contribution in [2.75, 3.05) is 20.3 Å². The fraction of sp³-hybridized carbons (Fsp3) is 0.429. The zero-order valence-corrected chi connectivity index (χ0v) is 12.0. The van der Waals surface area contributed by atoms with Crippen LogP contribution in [-0.4, -0.2) is 37.1 Å². The first-order valence-electron chi connectivity index (χ1n) is 6.51. The van der Waals surface area contributed by atoms with Gasteiger partial charge in [-0.25, -0.2) is 4.79 Å². The van der Waals surface area contributed by atoms with E-state index in [0.717, 1.165) is 17.0 Å². The molecule has 1 atom stereocenters. The van der Waals surface area contributed by atoms with Crippen LogP contribution in [0.25, 0.3) is 0 Å². The van der Waals surface area contributed by atoms with E-state index in [2.05, 4.69) is 5.32 Å². The molecule has 0 radical (unpaired) electrons. The van der Waals surface area contributed by atoms with Crippen LogP contribution in [0.2, 0.25) is 0 Å². The summed E-state index contributed by atoms with van der Waals surface area (Å²) in [6.07, 6.45) is -4.52. The predicted molar refractivity (Wildman–Crippen MR) is 70.9 cm³/mol. The molecule has 0 spiro atoms.